The minimum Gasteiger partial charge on any atom is -0.378 e. The summed E-state index contributed by atoms with van der Waals surface area (Å²) in [7, 11) is 0. The van der Waals surface area contributed by atoms with E-state index in [1.807, 2.05) is 71.1 Å². The zero-order valence-corrected chi connectivity index (χ0v) is 18.6. The first-order valence-electron chi connectivity index (χ1n) is 10.7. The molecule has 0 unspecified atom stereocenters. The summed E-state index contributed by atoms with van der Waals surface area (Å²) in [6.45, 7) is 4.83. The number of hydrogen-bond donors (Lipinski definition) is 0. The van der Waals surface area contributed by atoms with Crippen LogP contribution in [0.1, 0.15) is 24.1 Å². The Labute approximate surface area is 191 Å². The predicted molar refractivity (Wildman–Crippen MR) is 122 cm³/mol. The van der Waals surface area contributed by atoms with Gasteiger partial charge in [-0.3, -0.25) is 4.79 Å². The number of anilines is 1. The zero-order valence-electron chi connectivity index (χ0n) is 17.8. The summed E-state index contributed by atoms with van der Waals surface area (Å²) in [6, 6.07) is 17.4. The molecule has 0 N–H and O–H groups in total. The summed E-state index contributed by atoms with van der Waals surface area (Å²) in [5, 5.41) is 5.24. The van der Waals surface area contributed by atoms with Gasteiger partial charge in [0.15, 0.2) is 0 Å². The molecule has 32 heavy (non-hydrogen) atoms. The van der Waals surface area contributed by atoms with E-state index in [0.717, 1.165) is 16.8 Å². The van der Waals surface area contributed by atoms with Crippen LogP contribution in [0.5, 0.6) is 0 Å². The summed E-state index contributed by atoms with van der Waals surface area (Å²) in [5.74, 6) is 0.728. The number of morpholine rings is 1. The molecule has 0 bridgehead atoms. The van der Waals surface area contributed by atoms with Crippen molar-refractivity contribution in [1.29, 1.82) is 0 Å². The van der Waals surface area contributed by atoms with Gasteiger partial charge in [-0.1, -0.05) is 54.1 Å². The summed E-state index contributed by atoms with van der Waals surface area (Å²) in [4.78, 5) is 22.3. The summed E-state index contributed by atoms with van der Waals surface area (Å²) >= 11 is 6.07. The fourth-order valence-electron chi connectivity index (χ4n) is 4.35. The van der Waals surface area contributed by atoms with Gasteiger partial charge in [-0.2, -0.15) is 10.1 Å². The average molecular weight is 450 g/mol. The Kier molecular flexibility index (Phi) is 5.68. The molecule has 0 radical (unpaired) electrons. The van der Waals surface area contributed by atoms with Crippen molar-refractivity contribution in [3.8, 4) is 0 Å². The van der Waals surface area contributed by atoms with E-state index in [2.05, 4.69) is 15.0 Å². The number of aromatic nitrogens is 3. The minimum atomic E-state index is -0.342. The van der Waals surface area contributed by atoms with E-state index in [9.17, 15) is 4.79 Å². The highest BCUT2D eigenvalue weighted by atomic mass is 35.5. The molecular formula is C24H24ClN5O2. The Morgan fingerprint density at radius 2 is 1.81 bits per heavy atom. The first kappa shape index (κ1) is 20.7. The van der Waals surface area contributed by atoms with E-state index in [1.165, 1.54) is 0 Å². The van der Waals surface area contributed by atoms with Crippen molar-refractivity contribution in [1.82, 2.24) is 19.7 Å². The lowest BCUT2D eigenvalue weighted by molar-refractivity contribution is -0.131. The van der Waals surface area contributed by atoms with Crippen LogP contribution >= 0.6 is 11.6 Å². The maximum absolute atomic E-state index is 13.8. The first-order chi connectivity index (χ1) is 15.6. The first-order valence-corrected chi connectivity index (χ1v) is 11.1. The van der Waals surface area contributed by atoms with Crippen molar-refractivity contribution < 1.29 is 9.53 Å². The highest BCUT2D eigenvalue weighted by Gasteiger charge is 2.38. The maximum atomic E-state index is 13.8. The summed E-state index contributed by atoms with van der Waals surface area (Å²) < 4.78 is 7.32. The van der Waals surface area contributed by atoms with Crippen LogP contribution in [0.4, 0.5) is 5.95 Å². The van der Waals surface area contributed by atoms with Crippen molar-refractivity contribution in [3.63, 3.8) is 0 Å². The maximum Gasteiger partial charge on any atom is 0.254 e. The van der Waals surface area contributed by atoms with Gasteiger partial charge in [-0.05, 0) is 30.2 Å². The molecule has 5 rings (SSSR count). The molecule has 8 heteroatoms. The Hall–Kier alpha value is -3.16. The Bertz CT molecular complexity index is 1140. The molecule has 0 saturated carbocycles. The number of halogens is 1. The van der Waals surface area contributed by atoms with E-state index in [-0.39, 0.29) is 11.9 Å². The van der Waals surface area contributed by atoms with Crippen LogP contribution in [0.2, 0.25) is 5.02 Å². The lowest BCUT2D eigenvalue weighted by atomic mass is 9.93. The molecule has 0 spiro atoms. The molecule has 1 amide bonds. The van der Waals surface area contributed by atoms with Crippen molar-refractivity contribution >= 4 is 23.5 Å². The number of nitrogens with zero attached hydrogens (tertiary/aromatic N) is 5. The molecule has 2 aliphatic rings. The number of amides is 1. The molecule has 2 aliphatic heterocycles. The fourth-order valence-corrected chi connectivity index (χ4v) is 4.47. The van der Waals surface area contributed by atoms with Gasteiger partial charge in [0.25, 0.3) is 5.91 Å². The largest absolute Gasteiger partial charge is 0.378 e. The molecule has 3 aromatic rings. The van der Waals surface area contributed by atoms with E-state index >= 15 is 0 Å². The van der Waals surface area contributed by atoms with Crippen molar-refractivity contribution in [3.05, 3.63) is 88.3 Å². The number of carbonyl (C=O) groups excluding carboxylic acids is 1. The van der Waals surface area contributed by atoms with Crippen molar-refractivity contribution in [2.24, 2.45) is 0 Å². The molecular weight excluding hydrogens is 426 g/mol. The monoisotopic (exact) mass is 449 g/mol. The van der Waals surface area contributed by atoms with E-state index in [0.29, 0.717) is 49.4 Å². The minimum absolute atomic E-state index is 0.0157. The third kappa shape index (κ3) is 3.78. The molecule has 0 aliphatic carbocycles. The van der Waals surface area contributed by atoms with Crippen LogP contribution in [-0.4, -0.2) is 51.9 Å². The van der Waals surface area contributed by atoms with Crippen LogP contribution in [0.3, 0.4) is 0 Å². The normalized spacial score (nSPS) is 18.6. The Balaban J connectivity index is 1.62. The van der Waals surface area contributed by atoms with E-state index < -0.39 is 0 Å². The molecule has 3 heterocycles. The number of benzene rings is 2. The smallest absolute Gasteiger partial charge is 0.254 e. The van der Waals surface area contributed by atoms with Gasteiger partial charge in [-0.25, -0.2) is 4.68 Å². The lowest BCUT2D eigenvalue weighted by Crippen LogP contribution is -2.45. The topological polar surface area (TPSA) is 63.5 Å². The number of rotatable bonds is 4. The molecule has 164 valence electrons. The predicted octanol–water partition coefficient (Wildman–Crippen LogP) is 3.67. The van der Waals surface area contributed by atoms with E-state index in [4.69, 9.17) is 16.3 Å². The third-order valence-corrected chi connectivity index (χ3v) is 6.26. The second kappa shape index (κ2) is 8.76. The number of fused-ring (bicyclic) bond motifs is 1. The molecule has 2 aromatic carbocycles. The number of carbonyl (C=O) groups is 1. The van der Waals surface area contributed by atoms with Crippen molar-refractivity contribution in [2.45, 2.75) is 19.5 Å². The number of hydrogen-bond acceptors (Lipinski definition) is 5. The molecule has 1 atom stereocenters. The Morgan fingerprint density at radius 3 is 2.53 bits per heavy atom. The number of allylic oxidation sites excluding steroid dienone is 1. The SMILES string of the molecule is CC1=C(C(=O)N2CCOCC2)[C@H](c2ccccc2)n2ncnc2N1Cc1ccc(Cl)cc1. The van der Waals surface area contributed by atoms with Crippen LogP contribution in [0, 0.1) is 0 Å². The van der Waals surface area contributed by atoms with Crippen molar-refractivity contribution in [2.75, 3.05) is 31.2 Å². The van der Waals surface area contributed by atoms with Gasteiger partial charge in [0.1, 0.15) is 12.4 Å². The molecule has 1 aromatic heterocycles. The van der Waals surface area contributed by atoms with Crippen LogP contribution in [0.15, 0.2) is 72.2 Å². The second-order valence-corrected chi connectivity index (χ2v) is 8.37. The van der Waals surface area contributed by atoms with Crippen LogP contribution in [0.25, 0.3) is 0 Å². The average Bonchev–Trinajstić information content (AvgIpc) is 3.32. The van der Waals surface area contributed by atoms with Gasteiger partial charge >= 0.3 is 0 Å². The molecule has 7 nitrogen and oxygen atoms in total. The lowest BCUT2D eigenvalue weighted by Gasteiger charge is -2.38. The highest BCUT2D eigenvalue weighted by molar-refractivity contribution is 6.30. The fraction of sp³-hybridized carbons (Fsp3) is 0.292. The van der Waals surface area contributed by atoms with Crippen LogP contribution in [-0.2, 0) is 16.1 Å². The number of ether oxygens (including phenoxy) is 1. The van der Waals surface area contributed by atoms with Gasteiger partial charge in [0, 0.05) is 23.8 Å². The molecule has 1 fully saturated rings. The summed E-state index contributed by atoms with van der Waals surface area (Å²) in [6.07, 6.45) is 1.55. The Morgan fingerprint density at radius 1 is 1.09 bits per heavy atom. The quantitative estimate of drug-likeness (QED) is 0.608. The zero-order chi connectivity index (χ0) is 22.1. The molecule has 1 saturated heterocycles. The van der Waals surface area contributed by atoms with Gasteiger partial charge in [-0.15, -0.1) is 0 Å². The highest BCUT2D eigenvalue weighted by Crippen LogP contribution is 2.39. The standard InChI is InChI=1S/C24H24ClN5O2/c1-17-21(23(31)28-11-13-32-14-12-28)22(19-5-3-2-4-6-19)30-24(26-16-27-30)29(17)15-18-7-9-20(25)10-8-18/h2-10,16,22H,11-15H2,1H3/t22-/m0/s1. The summed E-state index contributed by atoms with van der Waals surface area (Å²) in [5.41, 5.74) is 3.66. The van der Waals surface area contributed by atoms with Crippen LogP contribution < -0.4 is 4.90 Å². The van der Waals surface area contributed by atoms with E-state index in [1.54, 1.807) is 6.33 Å². The van der Waals surface area contributed by atoms with Gasteiger partial charge in [0.2, 0.25) is 5.95 Å². The van der Waals surface area contributed by atoms with Gasteiger partial charge < -0.3 is 14.5 Å². The second-order valence-electron chi connectivity index (χ2n) is 7.93. The third-order valence-electron chi connectivity index (χ3n) is 6.01. The van der Waals surface area contributed by atoms with Gasteiger partial charge in [0.05, 0.1) is 25.3 Å².